The van der Waals surface area contributed by atoms with E-state index in [-0.39, 0.29) is 30.5 Å². The number of aryl methyl sites for hydroxylation is 2. The molecule has 0 saturated carbocycles. The van der Waals surface area contributed by atoms with Gasteiger partial charge in [-0.05, 0) is 44.2 Å². The van der Waals surface area contributed by atoms with Crippen LogP contribution in [0.2, 0.25) is 0 Å². The number of nitrogens with zero attached hydrogens (tertiary/aromatic N) is 2. The number of carbonyl (C=O) groups is 2. The molecule has 0 bridgehead atoms. The zero-order valence-corrected chi connectivity index (χ0v) is 16.3. The van der Waals surface area contributed by atoms with E-state index in [1.54, 1.807) is 34.3 Å². The predicted molar refractivity (Wildman–Crippen MR) is 110 cm³/mol. The molecular weight excluding hydrogens is 372 g/mol. The molecule has 2 N–H and O–H groups in total. The number of hydrogen-bond donors (Lipinski definition) is 2. The summed E-state index contributed by atoms with van der Waals surface area (Å²) in [5.41, 5.74) is 2.63. The number of amides is 2. The molecule has 8 heteroatoms. The van der Waals surface area contributed by atoms with Gasteiger partial charge in [-0.15, -0.1) is 0 Å². The van der Waals surface area contributed by atoms with Crippen molar-refractivity contribution >= 4 is 34.2 Å². The van der Waals surface area contributed by atoms with E-state index in [9.17, 15) is 14.4 Å². The van der Waals surface area contributed by atoms with Crippen LogP contribution in [0.4, 0.5) is 11.4 Å². The molecule has 3 aromatic rings. The van der Waals surface area contributed by atoms with Crippen molar-refractivity contribution in [1.29, 1.82) is 0 Å². The smallest absolute Gasteiger partial charge is 0.329 e. The first-order chi connectivity index (χ1) is 14.0. The maximum Gasteiger partial charge on any atom is 0.329 e. The molecule has 8 nitrogen and oxygen atoms in total. The van der Waals surface area contributed by atoms with Gasteiger partial charge in [-0.25, -0.2) is 4.79 Å². The zero-order valence-electron chi connectivity index (χ0n) is 16.3. The molecule has 0 saturated heterocycles. The lowest BCUT2D eigenvalue weighted by atomic mass is 10.2. The van der Waals surface area contributed by atoms with Gasteiger partial charge in [-0.2, -0.15) is 0 Å². The van der Waals surface area contributed by atoms with Gasteiger partial charge in [-0.1, -0.05) is 12.1 Å². The van der Waals surface area contributed by atoms with Crippen LogP contribution in [0.15, 0.2) is 47.3 Å². The highest BCUT2D eigenvalue weighted by Crippen LogP contribution is 2.32. The minimum Gasteiger partial charge on any atom is -0.479 e. The number of rotatable bonds is 5. The summed E-state index contributed by atoms with van der Waals surface area (Å²) in [4.78, 5) is 36.8. The van der Waals surface area contributed by atoms with E-state index < -0.39 is 6.10 Å². The van der Waals surface area contributed by atoms with E-state index in [0.29, 0.717) is 23.7 Å². The highest BCUT2D eigenvalue weighted by Gasteiger charge is 2.23. The van der Waals surface area contributed by atoms with Crippen LogP contribution in [0.1, 0.15) is 20.3 Å². The molecule has 2 aromatic carbocycles. The first-order valence-corrected chi connectivity index (χ1v) is 9.57. The maximum atomic E-state index is 12.6. The molecule has 4 rings (SSSR count). The zero-order chi connectivity index (χ0) is 20.5. The van der Waals surface area contributed by atoms with Crippen molar-refractivity contribution in [3.63, 3.8) is 0 Å². The lowest BCUT2D eigenvalue weighted by Crippen LogP contribution is -2.34. The van der Waals surface area contributed by atoms with Gasteiger partial charge in [0, 0.05) is 25.2 Å². The Hall–Kier alpha value is -3.55. The Kier molecular flexibility index (Phi) is 4.84. The van der Waals surface area contributed by atoms with E-state index in [1.165, 1.54) is 0 Å². The molecule has 0 aliphatic carbocycles. The number of anilines is 2. The van der Waals surface area contributed by atoms with Gasteiger partial charge in [-0.3, -0.25) is 18.7 Å². The van der Waals surface area contributed by atoms with Gasteiger partial charge >= 0.3 is 5.69 Å². The van der Waals surface area contributed by atoms with Crippen LogP contribution >= 0.6 is 0 Å². The molecule has 150 valence electrons. The fourth-order valence-corrected chi connectivity index (χ4v) is 3.52. The topological polar surface area (TPSA) is 94.4 Å². The minimum absolute atomic E-state index is 0.121. The third-order valence-electron chi connectivity index (χ3n) is 5.00. The Bertz CT molecular complexity index is 1160. The summed E-state index contributed by atoms with van der Waals surface area (Å²) < 4.78 is 8.83. The van der Waals surface area contributed by atoms with Gasteiger partial charge in [0.15, 0.2) is 6.10 Å². The SMILES string of the molecule is CCn1c(=O)n(CCC(=O)Nc2ccc3c(c2)NC(=O)[C@@H](C)O3)c2ccccc21. The number of aromatic nitrogens is 2. The molecule has 1 aliphatic heterocycles. The largest absolute Gasteiger partial charge is 0.479 e. The van der Waals surface area contributed by atoms with Crippen molar-refractivity contribution in [3.05, 3.63) is 52.9 Å². The second-order valence-electron chi connectivity index (χ2n) is 6.93. The summed E-state index contributed by atoms with van der Waals surface area (Å²) in [6.45, 7) is 4.44. The van der Waals surface area contributed by atoms with Crippen LogP contribution in [-0.2, 0) is 22.7 Å². The van der Waals surface area contributed by atoms with Crippen molar-refractivity contribution in [2.24, 2.45) is 0 Å². The van der Waals surface area contributed by atoms with Gasteiger partial charge in [0.05, 0.1) is 16.7 Å². The highest BCUT2D eigenvalue weighted by molar-refractivity contribution is 5.99. The first-order valence-electron chi connectivity index (χ1n) is 9.57. The molecule has 0 unspecified atom stereocenters. The summed E-state index contributed by atoms with van der Waals surface area (Å²) in [5.74, 6) is 0.114. The summed E-state index contributed by atoms with van der Waals surface area (Å²) >= 11 is 0. The fourth-order valence-electron chi connectivity index (χ4n) is 3.52. The summed E-state index contributed by atoms with van der Waals surface area (Å²) in [6, 6.07) is 12.6. The highest BCUT2D eigenvalue weighted by atomic mass is 16.5. The second-order valence-corrected chi connectivity index (χ2v) is 6.93. The van der Waals surface area contributed by atoms with Gasteiger partial charge in [0.25, 0.3) is 5.91 Å². The lowest BCUT2D eigenvalue weighted by Gasteiger charge is -2.23. The average molecular weight is 394 g/mol. The lowest BCUT2D eigenvalue weighted by molar-refractivity contribution is -0.122. The quantitative estimate of drug-likeness (QED) is 0.695. The van der Waals surface area contributed by atoms with Gasteiger partial charge in [0.2, 0.25) is 5.91 Å². The summed E-state index contributed by atoms with van der Waals surface area (Å²) in [7, 11) is 0. The third kappa shape index (κ3) is 3.49. The van der Waals surface area contributed by atoms with Crippen molar-refractivity contribution in [1.82, 2.24) is 9.13 Å². The Balaban J connectivity index is 1.47. The van der Waals surface area contributed by atoms with Gasteiger partial charge < -0.3 is 15.4 Å². The molecule has 2 heterocycles. The average Bonchev–Trinajstić information content (AvgIpc) is 2.98. The number of nitrogens with one attached hydrogen (secondary N) is 2. The van der Waals surface area contributed by atoms with Crippen molar-refractivity contribution in [2.75, 3.05) is 10.6 Å². The Morgan fingerprint density at radius 3 is 2.59 bits per heavy atom. The van der Waals surface area contributed by atoms with Crippen LogP contribution < -0.4 is 21.1 Å². The molecule has 2 amide bonds. The number of para-hydroxylation sites is 2. The first kappa shape index (κ1) is 18.8. The van der Waals surface area contributed by atoms with Crippen molar-refractivity contribution < 1.29 is 14.3 Å². The number of imidazole rings is 1. The van der Waals surface area contributed by atoms with Crippen LogP contribution in [0.5, 0.6) is 5.75 Å². The fraction of sp³-hybridized carbons (Fsp3) is 0.286. The third-order valence-corrected chi connectivity index (χ3v) is 5.00. The number of hydrogen-bond acceptors (Lipinski definition) is 4. The molecule has 0 fully saturated rings. The van der Waals surface area contributed by atoms with E-state index >= 15 is 0 Å². The molecule has 0 spiro atoms. The number of ether oxygens (including phenoxy) is 1. The maximum absolute atomic E-state index is 12.6. The van der Waals surface area contributed by atoms with Crippen LogP contribution in [-0.4, -0.2) is 27.1 Å². The van der Waals surface area contributed by atoms with Gasteiger partial charge in [0.1, 0.15) is 5.75 Å². The van der Waals surface area contributed by atoms with Crippen LogP contribution in [0.25, 0.3) is 11.0 Å². The molecule has 1 aliphatic rings. The number of fused-ring (bicyclic) bond motifs is 2. The number of carbonyl (C=O) groups excluding carboxylic acids is 2. The standard InChI is InChI=1S/C21H22N4O4/c1-3-24-16-6-4-5-7-17(16)25(21(24)28)11-10-19(26)22-14-8-9-18-15(12-14)23-20(27)13(2)29-18/h4-9,12-13H,3,10-11H2,1-2H3,(H,22,26)(H,23,27)/t13-/m1/s1. The molecule has 1 atom stereocenters. The van der Waals surface area contributed by atoms with E-state index in [4.69, 9.17) is 4.74 Å². The molecular formula is C21H22N4O4. The van der Waals surface area contributed by atoms with Crippen LogP contribution in [0.3, 0.4) is 0 Å². The van der Waals surface area contributed by atoms with E-state index in [0.717, 1.165) is 11.0 Å². The normalized spacial score (nSPS) is 15.5. The molecule has 1 aromatic heterocycles. The summed E-state index contributed by atoms with van der Waals surface area (Å²) in [6.07, 6.45) is -0.402. The van der Waals surface area contributed by atoms with E-state index in [2.05, 4.69) is 10.6 Å². The predicted octanol–water partition coefficient (Wildman–Crippen LogP) is 2.57. The van der Waals surface area contributed by atoms with Crippen molar-refractivity contribution in [3.8, 4) is 5.75 Å². The second kappa shape index (κ2) is 7.46. The Morgan fingerprint density at radius 1 is 1.14 bits per heavy atom. The van der Waals surface area contributed by atoms with E-state index in [1.807, 2.05) is 31.2 Å². The summed E-state index contributed by atoms with van der Waals surface area (Å²) in [5, 5.41) is 5.56. The Labute approximate surface area is 167 Å². The number of benzene rings is 2. The molecule has 29 heavy (non-hydrogen) atoms. The minimum atomic E-state index is -0.550. The van der Waals surface area contributed by atoms with Crippen LogP contribution in [0, 0.1) is 0 Å². The molecule has 0 radical (unpaired) electrons. The Morgan fingerprint density at radius 2 is 1.86 bits per heavy atom. The monoisotopic (exact) mass is 394 g/mol. The van der Waals surface area contributed by atoms with Crippen molar-refractivity contribution in [2.45, 2.75) is 39.5 Å².